The van der Waals surface area contributed by atoms with E-state index in [0.717, 1.165) is 0 Å². The van der Waals surface area contributed by atoms with Crippen molar-refractivity contribution >= 4 is 23.1 Å². The largest absolute Gasteiger partial charge is 0.459 e. The first-order chi connectivity index (χ1) is 13.5. The third-order valence-electron chi connectivity index (χ3n) is 4.06. The Morgan fingerprint density at radius 1 is 1.07 bits per heavy atom. The first-order valence-electron chi connectivity index (χ1n) is 8.41. The Labute approximate surface area is 160 Å². The molecule has 0 spiro atoms. The molecule has 0 bridgehead atoms. The van der Waals surface area contributed by atoms with Crippen molar-refractivity contribution in [1.29, 1.82) is 0 Å². The second-order valence-electron chi connectivity index (χ2n) is 6.01. The summed E-state index contributed by atoms with van der Waals surface area (Å²) in [4.78, 5) is 35.7. The number of carbonyl (C=O) groups excluding carboxylic acids is 2. The number of amides is 1. The number of nitrogens with one attached hydrogen (secondary N) is 2. The average molecular weight is 379 g/mol. The van der Waals surface area contributed by atoms with Crippen molar-refractivity contribution in [3.8, 4) is 0 Å². The number of nitro benzene ring substituents is 1. The lowest BCUT2D eigenvalue weighted by Crippen LogP contribution is -2.46. The van der Waals surface area contributed by atoms with E-state index in [1.54, 1.807) is 43.3 Å². The third kappa shape index (κ3) is 4.24. The lowest BCUT2D eigenvalue weighted by atomic mass is 10.1. The summed E-state index contributed by atoms with van der Waals surface area (Å²) in [5.74, 6) is -0.863. The minimum absolute atomic E-state index is 0.0615. The Balaban J connectivity index is 1.88. The van der Waals surface area contributed by atoms with Crippen molar-refractivity contribution in [2.75, 3.05) is 5.32 Å². The number of nitrogens with zero attached hydrogens (tertiary/aromatic N) is 1. The van der Waals surface area contributed by atoms with Gasteiger partial charge in [0.2, 0.25) is 5.78 Å². The zero-order chi connectivity index (χ0) is 20.1. The fraction of sp³-hybridized carbons (Fsp3) is 0.100. The van der Waals surface area contributed by atoms with E-state index >= 15 is 0 Å². The van der Waals surface area contributed by atoms with Crippen LogP contribution in [0.3, 0.4) is 0 Å². The van der Waals surface area contributed by atoms with E-state index in [-0.39, 0.29) is 17.2 Å². The molecular weight excluding hydrogens is 362 g/mol. The van der Waals surface area contributed by atoms with Gasteiger partial charge in [0.15, 0.2) is 11.9 Å². The number of furan rings is 1. The van der Waals surface area contributed by atoms with Gasteiger partial charge < -0.3 is 15.1 Å². The van der Waals surface area contributed by atoms with Crippen LogP contribution in [0.25, 0.3) is 0 Å². The molecule has 142 valence electrons. The topological polar surface area (TPSA) is 114 Å². The lowest BCUT2D eigenvalue weighted by Gasteiger charge is -2.21. The number of anilines is 1. The van der Waals surface area contributed by atoms with Crippen molar-refractivity contribution in [2.24, 2.45) is 0 Å². The molecule has 0 fully saturated rings. The highest BCUT2D eigenvalue weighted by atomic mass is 16.6. The number of hydrogen-bond donors (Lipinski definition) is 2. The first kappa shape index (κ1) is 18.8. The molecule has 0 aliphatic heterocycles. The van der Waals surface area contributed by atoms with Crippen molar-refractivity contribution in [3.05, 3.63) is 93.9 Å². The third-order valence-corrected chi connectivity index (χ3v) is 4.06. The van der Waals surface area contributed by atoms with Gasteiger partial charge in [-0.25, -0.2) is 0 Å². The van der Waals surface area contributed by atoms with Gasteiger partial charge in [-0.3, -0.25) is 19.7 Å². The van der Waals surface area contributed by atoms with Crippen LogP contribution in [0.5, 0.6) is 0 Å². The molecular formula is C20H17N3O5. The van der Waals surface area contributed by atoms with E-state index in [1.165, 1.54) is 30.5 Å². The van der Waals surface area contributed by atoms with Gasteiger partial charge in [-0.15, -0.1) is 0 Å². The smallest absolute Gasteiger partial charge is 0.288 e. The molecule has 0 aliphatic rings. The fourth-order valence-corrected chi connectivity index (χ4v) is 2.63. The molecule has 28 heavy (non-hydrogen) atoms. The zero-order valence-electron chi connectivity index (χ0n) is 14.9. The van der Waals surface area contributed by atoms with Crippen LogP contribution in [0.2, 0.25) is 0 Å². The minimum atomic E-state index is -1.10. The SMILES string of the molecule is Cc1cc([N+](=O)[O-])ccc1NC(NC(=O)c1ccco1)C(=O)c1ccccc1. The van der Waals surface area contributed by atoms with Gasteiger partial charge in [-0.1, -0.05) is 30.3 Å². The van der Waals surface area contributed by atoms with Crippen LogP contribution in [0.4, 0.5) is 11.4 Å². The Morgan fingerprint density at radius 3 is 2.43 bits per heavy atom. The number of benzene rings is 2. The van der Waals surface area contributed by atoms with Gasteiger partial charge in [0.1, 0.15) is 0 Å². The highest BCUT2D eigenvalue weighted by Crippen LogP contribution is 2.22. The van der Waals surface area contributed by atoms with Crippen molar-refractivity contribution in [1.82, 2.24) is 5.32 Å². The van der Waals surface area contributed by atoms with Gasteiger partial charge in [0.05, 0.1) is 11.2 Å². The molecule has 2 N–H and O–H groups in total. The lowest BCUT2D eigenvalue weighted by molar-refractivity contribution is -0.384. The maximum Gasteiger partial charge on any atom is 0.288 e. The molecule has 0 saturated heterocycles. The monoisotopic (exact) mass is 379 g/mol. The Hall–Kier alpha value is -3.94. The second-order valence-corrected chi connectivity index (χ2v) is 6.01. The number of rotatable bonds is 7. The molecule has 2 aromatic carbocycles. The van der Waals surface area contributed by atoms with Gasteiger partial charge in [0.25, 0.3) is 11.6 Å². The number of non-ortho nitro benzene ring substituents is 1. The Bertz CT molecular complexity index is 1000. The van der Waals surface area contributed by atoms with Crippen LogP contribution >= 0.6 is 0 Å². The zero-order valence-corrected chi connectivity index (χ0v) is 14.9. The van der Waals surface area contributed by atoms with E-state index in [0.29, 0.717) is 16.8 Å². The molecule has 1 atom stereocenters. The van der Waals surface area contributed by atoms with E-state index in [9.17, 15) is 19.7 Å². The van der Waals surface area contributed by atoms with Crippen molar-refractivity contribution < 1.29 is 18.9 Å². The van der Waals surface area contributed by atoms with Crippen LogP contribution in [-0.2, 0) is 0 Å². The molecule has 3 aromatic rings. The van der Waals surface area contributed by atoms with E-state index in [4.69, 9.17) is 4.42 Å². The van der Waals surface area contributed by atoms with E-state index in [1.807, 2.05) is 0 Å². The predicted molar refractivity (Wildman–Crippen MR) is 102 cm³/mol. The van der Waals surface area contributed by atoms with Crippen LogP contribution in [-0.4, -0.2) is 22.8 Å². The van der Waals surface area contributed by atoms with Crippen molar-refractivity contribution in [3.63, 3.8) is 0 Å². The normalized spacial score (nSPS) is 11.5. The standard InChI is InChI=1S/C20H17N3O5/c1-13-12-15(23(26)27)9-10-16(13)21-19(18(24)14-6-3-2-4-7-14)22-20(25)17-8-5-11-28-17/h2-12,19,21H,1H3,(H,22,25). The summed E-state index contributed by atoms with van der Waals surface area (Å²) in [6, 6.07) is 15.8. The maximum atomic E-state index is 12.9. The molecule has 0 saturated carbocycles. The fourth-order valence-electron chi connectivity index (χ4n) is 2.63. The predicted octanol–water partition coefficient (Wildman–Crippen LogP) is 3.55. The number of nitro groups is 1. The second kappa shape index (κ2) is 8.17. The van der Waals surface area contributed by atoms with Crippen molar-refractivity contribution in [2.45, 2.75) is 13.1 Å². The molecule has 3 rings (SSSR count). The molecule has 8 nitrogen and oxygen atoms in total. The van der Waals surface area contributed by atoms with Gasteiger partial charge >= 0.3 is 0 Å². The van der Waals surface area contributed by atoms with Crippen LogP contribution in [0.1, 0.15) is 26.5 Å². The summed E-state index contributed by atoms with van der Waals surface area (Å²) < 4.78 is 5.07. The van der Waals surface area contributed by atoms with Crippen LogP contribution in [0.15, 0.2) is 71.3 Å². The summed E-state index contributed by atoms with van der Waals surface area (Å²) in [5.41, 5.74) is 1.39. The van der Waals surface area contributed by atoms with Gasteiger partial charge in [0, 0.05) is 23.4 Å². The highest BCUT2D eigenvalue weighted by molar-refractivity contribution is 6.04. The highest BCUT2D eigenvalue weighted by Gasteiger charge is 2.24. The van der Waals surface area contributed by atoms with Crippen LogP contribution in [0, 0.1) is 17.0 Å². The summed E-state index contributed by atoms with van der Waals surface area (Å²) in [6.45, 7) is 1.67. The van der Waals surface area contributed by atoms with Crippen LogP contribution < -0.4 is 10.6 Å². The van der Waals surface area contributed by atoms with E-state index in [2.05, 4.69) is 10.6 Å². The molecule has 0 radical (unpaired) electrons. The summed E-state index contributed by atoms with van der Waals surface area (Å²) >= 11 is 0. The van der Waals surface area contributed by atoms with E-state index < -0.39 is 17.0 Å². The molecule has 1 aromatic heterocycles. The molecule has 1 unspecified atom stereocenters. The maximum absolute atomic E-state index is 12.9. The number of Topliss-reactive ketones (excluding diaryl/α,β-unsaturated/α-hetero) is 1. The first-order valence-corrected chi connectivity index (χ1v) is 8.41. The quantitative estimate of drug-likeness (QED) is 0.281. The summed E-state index contributed by atoms with van der Waals surface area (Å²) in [7, 11) is 0. The number of aryl methyl sites for hydroxylation is 1. The molecule has 8 heteroatoms. The minimum Gasteiger partial charge on any atom is -0.459 e. The molecule has 1 amide bonds. The Morgan fingerprint density at radius 2 is 1.82 bits per heavy atom. The number of carbonyl (C=O) groups is 2. The molecule has 0 aliphatic carbocycles. The number of ketones is 1. The van der Waals surface area contributed by atoms with Gasteiger partial charge in [-0.05, 0) is 30.7 Å². The number of hydrogen-bond acceptors (Lipinski definition) is 6. The average Bonchev–Trinajstić information content (AvgIpc) is 3.23. The Kier molecular flexibility index (Phi) is 5.50. The summed E-state index contributed by atoms with van der Waals surface area (Å²) in [5, 5.41) is 16.5. The molecule has 1 heterocycles. The van der Waals surface area contributed by atoms with Gasteiger partial charge in [-0.2, -0.15) is 0 Å². The summed E-state index contributed by atoms with van der Waals surface area (Å²) in [6.07, 6.45) is 0.261.